The van der Waals surface area contributed by atoms with Crippen LogP contribution in [0, 0.1) is 0 Å². The van der Waals surface area contributed by atoms with Crippen molar-refractivity contribution in [2.24, 2.45) is 0 Å². The van der Waals surface area contributed by atoms with Crippen LogP contribution in [0.1, 0.15) is 29.6 Å². The van der Waals surface area contributed by atoms with Crippen molar-refractivity contribution in [3.05, 3.63) is 23.8 Å². The lowest BCUT2D eigenvalue weighted by Crippen LogP contribution is -3.00. The van der Waals surface area contributed by atoms with Gasteiger partial charge in [-0.25, -0.2) is 4.79 Å². The number of carbonyl (C=O) groups excluding carboxylic acids is 1. The van der Waals surface area contributed by atoms with E-state index in [0.717, 1.165) is 30.2 Å². The van der Waals surface area contributed by atoms with Crippen LogP contribution in [0.4, 0.5) is 0 Å². The Kier molecular flexibility index (Phi) is 6.73. The second kappa shape index (κ2) is 7.84. The number of rotatable bonds is 4. The van der Waals surface area contributed by atoms with E-state index in [2.05, 4.69) is 7.05 Å². The molecule has 0 atom stereocenters. The lowest BCUT2D eigenvalue weighted by molar-refractivity contribution is -0.914. The molecule has 0 radical (unpaired) electrons. The van der Waals surface area contributed by atoms with E-state index in [4.69, 9.17) is 4.74 Å². The van der Waals surface area contributed by atoms with Gasteiger partial charge in [0.25, 0.3) is 0 Å². The number of halogens is 1. The van der Waals surface area contributed by atoms with Gasteiger partial charge in [0.05, 0.1) is 20.1 Å². The van der Waals surface area contributed by atoms with E-state index in [1.165, 1.54) is 31.4 Å². The number of piperidine rings is 1. The van der Waals surface area contributed by atoms with Crippen molar-refractivity contribution in [2.45, 2.75) is 19.3 Å². The SMILES string of the molecule is C[N+]1(CCOC(=O)c2ccc(O)cc2O)CCCCC1.[I-]. The number of esters is 1. The van der Waals surface area contributed by atoms with Crippen molar-refractivity contribution < 1.29 is 48.2 Å². The third kappa shape index (κ3) is 5.03. The van der Waals surface area contributed by atoms with Crippen LogP contribution in [-0.2, 0) is 4.74 Å². The first-order valence-electron chi connectivity index (χ1n) is 7.03. The molecule has 0 amide bonds. The largest absolute Gasteiger partial charge is 1.00 e. The number of carbonyl (C=O) groups is 1. The standard InChI is InChI=1S/C15H21NO4.HI/c1-16(7-3-2-4-8-16)9-10-20-15(19)13-6-5-12(17)11-14(13)18;/h5-6,11H,2-4,7-10H2,1H3,(H-,17,18,19);1H. The Morgan fingerprint density at radius 3 is 2.52 bits per heavy atom. The molecule has 2 rings (SSSR count). The second-order valence-corrected chi connectivity index (χ2v) is 5.69. The van der Waals surface area contributed by atoms with Gasteiger partial charge in [0.1, 0.15) is 30.2 Å². The van der Waals surface area contributed by atoms with Gasteiger partial charge >= 0.3 is 5.97 Å². The van der Waals surface area contributed by atoms with E-state index >= 15 is 0 Å². The lowest BCUT2D eigenvalue weighted by Gasteiger charge is -2.37. The molecule has 1 fully saturated rings. The molecule has 1 aliphatic rings. The summed E-state index contributed by atoms with van der Waals surface area (Å²) in [6.45, 7) is 3.39. The molecule has 1 aliphatic heterocycles. The van der Waals surface area contributed by atoms with Gasteiger partial charge in [-0.05, 0) is 31.4 Å². The zero-order valence-corrected chi connectivity index (χ0v) is 14.4. The molecular weight excluding hydrogens is 385 g/mol. The van der Waals surface area contributed by atoms with Gasteiger partial charge in [0.15, 0.2) is 0 Å². The van der Waals surface area contributed by atoms with E-state index in [9.17, 15) is 15.0 Å². The number of phenolic OH excluding ortho intramolecular Hbond substituents is 2. The third-order valence-electron chi connectivity index (χ3n) is 3.96. The molecular formula is C15H22INO4. The molecule has 0 aromatic heterocycles. The average molecular weight is 407 g/mol. The number of hydrogen-bond acceptors (Lipinski definition) is 4. The summed E-state index contributed by atoms with van der Waals surface area (Å²) >= 11 is 0. The number of benzene rings is 1. The van der Waals surface area contributed by atoms with Crippen molar-refractivity contribution in [3.8, 4) is 11.5 Å². The fourth-order valence-electron chi connectivity index (χ4n) is 2.63. The van der Waals surface area contributed by atoms with Crippen LogP contribution < -0.4 is 24.0 Å². The van der Waals surface area contributed by atoms with Gasteiger partial charge in [-0.2, -0.15) is 0 Å². The van der Waals surface area contributed by atoms with Crippen LogP contribution in [0.5, 0.6) is 11.5 Å². The molecule has 0 aliphatic carbocycles. The van der Waals surface area contributed by atoms with Crippen molar-refractivity contribution in [1.82, 2.24) is 0 Å². The minimum absolute atomic E-state index is 0. The number of likely N-dealkylation sites (N-methyl/N-ethyl adjacent to an activating group) is 1. The number of nitrogens with zero attached hydrogens (tertiary/aromatic N) is 1. The normalized spacial score (nSPS) is 16.8. The zero-order chi connectivity index (χ0) is 14.6. The Morgan fingerprint density at radius 1 is 1.24 bits per heavy atom. The predicted molar refractivity (Wildman–Crippen MR) is 74.7 cm³/mol. The molecule has 6 heteroatoms. The number of likely N-dealkylation sites (tertiary alicyclic amines) is 1. The van der Waals surface area contributed by atoms with Crippen LogP contribution in [0.15, 0.2) is 18.2 Å². The summed E-state index contributed by atoms with van der Waals surface area (Å²) in [6.07, 6.45) is 3.74. The van der Waals surface area contributed by atoms with Gasteiger partial charge in [0, 0.05) is 6.07 Å². The summed E-state index contributed by atoms with van der Waals surface area (Å²) in [5.41, 5.74) is 0.0871. The minimum Gasteiger partial charge on any atom is -1.00 e. The first kappa shape index (κ1) is 18.0. The molecule has 1 heterocycles. The van der Waals surface area contributed by atoms with E-state index in [0.29, 0.717) is 6.61 Å². The highest BCUT2D eigenvalue weighted by Crippen LogP contribution is 2.23. The van der Waals surface area contributed by atoms with Gasteiger partial charge in [-0.15, -0.1) is 0 Å². The van der Waals surface area contributed by atoms with Crippen LogP contribution in [0.3, 0.4) is 0 Å². The van der Waals surface area contributed by atoms with E-state index in [1.54, 1.807) is 0 Å². The van der Waals surface area contributed by atoms with Crippen LogP contribution in [0.25, 0.3) is 0 Å². The Hall–Kier alpha value is -1.02. The monoisotopic (exact) mass is 407 g/mol. The maximum absolute atomic E-state index is 11.9. The number of ether oxygens (including phenoxy) is 1. The smallest absolute Gasteiger partial charge is 0.342 e. The maximum Gasteiger partial charge on any atom is 0.342 e. The average Bonchev–Trinajstić information content (AvgIpc) is 2.39. The van der Waals surface area contributed by atoms with E-state index in [1.807, 2.05) is 0 Å². The molecule has 0 spiro atoms. The molecule has 0 saturated carbocycles. The van der Waals surface area contributed by atoms with Crippen LogP contribution in [-0.4, -0.2) is 54.0 Å². The topological polar surface area (TPSA) is 66.8 Å². The molecule has 21 heavy (non-hydrogen) atoms. The van der Waals surface area contributed by atoms with Crippen molar-refractivity contribution in [2.75, 3.05) is 33.3 Å². The molecule has 1 aromatic carbocycles. The highest BCUT2D eigenvalue weighted by Gasteiger charge is 2.25. The highest BCUT2D eigenvalue weighted by molar-refractivity contribution is 5.92. The summed E-state index contributed by atoms with van der Waals surface area (Å²) in [6, 6.07) is 3.86. The van der Waals surface area contributed by atoms with Gasteiger partial charge in [-0.3, -0.25) is 0 Å². The summed E-state index contributed by atoms with van der Waals surface area (Å²) in [4.78, 5) is 11.9. The second-order valence-electron chi connectivity index (χ2n) is 5.69. The number of hydrogen-bond donors (Lipinski definition) is 2. The molecule has 118 valence electrons. The first-order chi connectivity index (χ1) is 9.50. The van der Waals surface area contributed by atoms with Gasteiger partial charge in [0.2, 0.25) is 0 Å². The molecule has 5 nitrogen and oxygen atoms in total. The quantitative estimate of drug-likeness (QED) is 0.378. The Balaban J connectivity index is 0.00000220. The van der Waals surface area contributed by atoms with Crippen molar-refractivity contribution in [1.29, 1.82) is 0 Å². The lowest BCUT2D eigenvalue weighted by atomic mass is 10.1. The van der Waals surface area contributed by atoms with Crippen LogP contribution >= 0.6 is 0 Å². The minimum atomic E-state index is -0.550. The Morgan fingerprint density at radius 2 is 1.90 bits per heavy atom. The third-order valence-corrected chi connectivity index (χ3v) is 3.96. The maximum atomic E-state index is 11.9. The molecule has 1 saturated heterocycles. The Bertz CT molecular complexity index is 487. The van der Waals surface area contributed by atoms with E-state index < -0.39 is 5.97 Å². The fraction of sp³-hybridized carbons (Fsp3) is 0.533. The van der Waals surface area contributed by atoms with Crippen molar-refractivity contribution in [3.63, 3.8) is 0 Å². The predicted octanol–water partition coefficient (Wildman–Crippen LogP) is -1.11. The summed E-state index contributed by atoms with van der Waals surface area (Å²) < 4.78 is 6.16. The van der Waals surface area contributed by atoms with Crippen LogP contribution in [0.2, 0.25) is 0 Å². The zero-order valence-electron chi connectivity index (χ0n) is 12.2. The number of aromatic hydroxyl groups is 2. The highest BCUT2D eigenvalue weighted by atomic mass is 127. The number of phenols is 2. The first-order valence-corrected chi connectivity index (χ1v) is 7.03. The van der Waals surface area contributed by atoms with Crippen molar-refractivity contribution >= 4 is 5.97 Å². The molecule has 0 unspecified atom stereocenters. The van der Waals surface area contributed by atoms with Gasteiger partial charge < -0.3 is 43.4 Å². The molecule has 0 bridgehead atoms. The summed E-state index contributed by atoms with van der Waals surface area (Å²) in [7, 11) is 2.19. The number of quaternary nitrogens is 1. The fourth-order valence-corrected chi connectivity index (χ4v) is 2.63. The van der Waals surface area contributed by atoms with E-state index in [-0.39, 0.29) is 41.0 Å². The molecule has 2 N–H and O–H groups in total. The Labute approximate surface area is 142 Å². The van der Waals surface area contributed by atoms with Gasteiger partial charge in [-0.1, -0.05) is 0 Å². The summed E-state index contributed by atoms with van der Waals surface area (Å²) in [5.74, 6) is -0.884. The summed E-state index contributed by atoms with van der Waals surface area (Å²) in [5, 5.41) is 18.8. The molecule has 1 aromatic rings.